The number of likely N-dealkylation sites (tertiary alicyclic amines) is 1. The zero-order valence-electron chi connectivity index (χ0n) is 18.2. The van der Waals surface area contributed by atoms with Crippen molar-refractivity contribution in [2.75, 3.05) is 18.4 Å². The minimum absolute atomic E-state index is 0.0555. The summed E-state index contributed by atoms with van der Waals surface area (Å²) in [5.74, 6) is 3.16. The second kappa shape index (κ2) is 9.73. The van der Waals surface area contributed by atoms with Crippen LogP contribution in [0.15, 0.2) is 55.0 Å². The number of piperidine rings is 1. The number of hydrogen-bond acceptors (Lipinski definition) is 5. The molecule has 31 heavy (non-hydrogen) atoms. The molecule has 4 rings (SSSR count). The van der Waals surface area contributed by atoms with Crippen LogP contribution < -0.4 is 5.32 Å². The molecule has 7 nitrogen and oxygen atoms in total. The van der Waals surface area contributed by atoms with Crippen molar-refractivity contribution in [3.8, 4) is 0 Å². The molecule has 1 atom stereocenters. The normalized spacial score (nSPS) is 15.6. The van der Waals surface area contributed by atoms with Gasteiger partial charge in [0.05, 0.1) is 5.92 Å². The lowest BCUT2D eigenvalue weighted by Gasteiger charge is -2.33. The summed E-state index contributed by atoms with van der Waals surface area (Å²) in [6, 6.07) is 11.8. The molecule has 1 N–H and O–H groups in total. The van der Waals surface area contributed by atoms with E-state index in [9.17, 15) is 4.79 Å². The molecule has 0 radical (unpaired) electrons. The summed E-state index contributed by atoms with van der Waals surface area (Å²) in [5, 5.41) is 3.26. The van der Waals surface area contributed by atoms with Crippen molar-refractivity contribution in [3.63, 3.8) is 0 Å². The molecule has 3 aromatic rings. The van der Waals surface area contributed by atoms with Crippen molar-refractivity contribution in [2.45, 2.75) is 45.6 Å². The molecule has 4 heterocycles. The zero-order chi connectivity index (χ0) is 21.6. The first-order valence-electron chi connectivity index (χ1n) is 11.1. The first-order chi connectivity index (χ1) is 15.1. The van der Waals surface area contributed by atoms with E-state index in [4.69, 9.17) is 4.98 Å². The molecule has 1 saturated heterocycles. The van der Waals surface area contributed by atoms with Gasteiger partial charge in [0.15, 0.2) is 0 Å². The molecular weight excluding hydrogens is 388 g/mol. The van der Waals surface area contributed by atoms with E-state index in [1.54, 1.807) is 6.20 Å². The second-order valence-corrected chi connectivity index (χ2v) is 8.14. The SMILES string of the molecule is CCc1nccn1CC(C)C(=O)N1CCC(c2cccc(Nc3ccccn3)n2)CC1. The lowest BCUT2D eigenvalue weighted by Crippen LogP contribution is -2.41. The van der Waals surface area contributed by atoms with Crippen LogP contribution in [0.25, 0.3) is 0 Å². The number of hydrogen-bond donors (Lipinski definition) is 1. The molecule has 1 aliphatic heterocycles. The summed E-state index contributed by atoms with van der Waals surface area (Å²) in [7, 11) is 0. The fourth-order valence-corrected chi connectivity index (χ4v) is 4.22. The topological polar surface area (TPSA) is 75.9 Å². The maximum atomic E-state index is 13.0. The Morgan fingerprint density at radius 2 is 1.90 bits per heavy atom. The molecule has 0 aromatic carbocycles. The Kier molecular flexibility index (Phi) is 6.60. The quantitative estimate of drug-likeness (QED) is 0.627. The van der Waals surface area contributed by atoms with Gasteiger partial charge in [-0.2, -0.15) is 0 Å². The number of carbonyl (C=O) groups excluding carboxylic acids is 1. The van der Waals surface area contributed by atoms with E-state index in [1.165, 1.54) is 0 Å². The Bertz CT molecular complexity index is 994. The average molecular weight is 419 g/mol. The first kappa shape index (κ1) is 21.0. The van der Waals surface area contributed by atoms with Crippen molar-refractivity contribution in [1.82, 2.24) is 24.4 Å². The average Bonchev–Trinajstić information content (AvgIpc) is 3.26. The van der Waals surface area contributed by atoms with Crippen LogP contribution in [0.3, 0.4) is 0 Å². The number of nitrogens with zero attached hydrogens (tertiary/aromatic N) is 5. The van der Waals surface area contributed by atoms with Gasteiger partial charge in [0, 0.05) is 56.3 Å². The van der Waals surface area contributed by atoms with Crippen LogP contribution in [0.4, 0.5) is 11.6 Å². The molecule has 0 bridgehead atoms. The summed E-state index contributed by atoms with van der Waals surface area (Å²) >= 11 is 0. The van der Waals surface area contributed by atoms with Crippen molar-refractivity contribution >= 4 is 17.5 Å². The number of aryl methyl sites for hydroxylation is 1. The van der Waals surface area contributed by atoms with E-state index < -0.39 is 0 Å². The van der Waals surface area contributed by atoms with Crippen molar-refractivity contribution in [2.24, 2.45) is 5.92 Å². The monoisotopic (exact) mass is 418 g/mol. The Morgan fingerprint density at radius 3 is 2.65 bits per heavy atom. The predicted molar refractivity (Wildman–Crippen MR) is 121 cm³/mol. The van der Waals surface area contributed by atoms with Gasteiger partial charge in [-0.1, -0.05) is 26.0 Å². The number of rotatable bonds is 7. The number of carbonyl (C=O) groups is 1. The molecule has 1 unspecified atom stereocenters. The lowest BCUT2D eigenvalue weighted by atomic mass is 9.92. The molecule has 1 fully saturated rings. The highest BCUT2D eigenvalue weighted by Gasteiger charge is 2.27. The van der Waals surface area contributed by atoms with Crippen LogP contribution in [-0.2, 0) is 17.8 Å². The number of anilines is 2. The van der Waals surface area contributed by atoms with Crippen LogP contribution >= 0.6 is 0 Å². The van der Waals surface area contributed by atoms with Crippen LogP contribution in [-0.4, -0.2) is 43.4 Å². The van der Waals surface area contributed by atoms with Crippen LogP contribution in [0.5, 0.6) is 0 Å². The highest BCUT2D eigenvalue weighted by atomic mass is 16.2. The van der Waals surface area contributed by atoms with E-state index in [2.05, 4.69) is 32.8 Å². The fraction of sp³-hybridized carbons (Fsp3) is 0.417. The molecule has 0 spiro atoms. The van der Waals surface area contributed by atoms with Gasteiger partial charge >= 0.3 is 0 Å². The van der Waals surface area contributed by atoms with Crippen LogP contribution in [0, 0.1) is 5.92 Å². The smallest absolute Gasteiger partial charge is 0.227 e. The third kappa shape index (κ3) is 5.10. The molecule has 162 valence electrons. The summed E-state index contributed by atoms with van der Waals surface area (Å²) < 4.78 is 2.10. The molecular formula is C24H30N6O. The van der Waals surface area contributed by atoms with Gasteiger partial charge in [0.25, 0.3) is 0 Å². The highest BCUT2D eigenvalue weighted by molar-refractivity contribution is 5.78. The highest BCUT2D eigenvalue weighted by Crippen LogP contribution is 2.28. The molecule has 7 heteroatoms. The number of pyridine rings is 2. The molecule has 0 saturated carbocycles. The fourth-order valence-electron chi connectivity index (χ4n) is 4.22. The number of amides is 1. The summed E-state index contributed by atoms with van der Waals surface area (Å²) in [6.07, 6.45) is 8.28. The van der Waals surface area contributed by atoms with Crippen LogP contribution in [0.1, 0.15) is 44.1 Å². The van der Waals surface area contributed by atoms with Gasteiger partial charge < -0.3 is 14.8 Å². The van der Waals surface area contributed by atoms with Gasteiger partial charge in [0.1, 0.15) is 17.5 Å². The second-order valence-electron chi connectivity index (χ2n) is 8.14. The van der Waals surface area contributed by atoms with Gasteiger partial charge in [-0.15, -0.1) is 0 Å². The van der Waals surface area contributed by atoms with Gasteiger partial charge in [-0.05, 0) is 37.1 Å². The largest absolute Gasteiger partial charge is 0.342 e. The standard InChI is InChI=1S/C24H30N6O/c1-3-23-26-13-16-30(23)17-18(2)24(31)29-14-10-19(11-15-29)20-7-6-9-22(27-20)28-21-8-4-5-12-25-21/h4-9,12-13,16,18-19H,3,10-11,14-15,17H2,1-2H3,(H,25,27,28). The van der Waals surface area contributed by atoms with Crippen LogP contribution in [0.2, 0.25) is 0 Å². The molecule has 0 aliphatic carbocycles. The van der Waals surface area contributed by atoms with E-state index >= 15 is 0 Å². The predicted octanol–water partition coefficient (Wildman–Crippen LogP) is 4.02. The Labute approximate surface area is 183 Å². The number of imidazole rings is 1. The van der Waals surface area contributed by atoms with Gasteiger partial charge in [0.2, 0.25) is 5.91 Å². The summed E-state index contributed by atoms with van der Waals surface area (Å²) in [4.78, 5) is 28.5. The first-order valence-corrected chi connectivity index (χ1v) is 11.1. The third-order valence-electron chi connectivity index (χ3n) is 5.93. The van der Waals surface area contributed by atoms with Crippen molar-refractivity contribution in [3.05, 3.63) is 66.5 Å². The number of aromatic nitrogens is 4. The number of nitrogens with one attached hydrogen (secondary N) is 1. The Morgan fingerprint density at radius 1 is 1.10 bits per heavy atom. The Hall–Kier alpha value is -3.22. The van der Waals surface area contributed by atoms with Crippen molar-refractivity contribution < 1.29 is 4.79 Å². The minimum Gasteiger partial charge on any atom is -0.342 e. The molecule has 3 aromatic heterocycles. The van der Waals surface area contributed by atoms with Gasteiger partial charge in [-0.25, -0.2) is 15.0 Å². The van der Waals surface area contributed by atoms with Crippen molar-refractivity contribution in [1.29, 1.82) is 0 Å². The molecule has 1 aliphatic rings. The molecule has 1 amide bonds. The lowest BCUT2D eigenvalue weighted by molar-refractivity contribution is -0.136. The van der Waals surface area contributed by atoms with Gasteiger partial charge in [-0.3, -0.25) is 4.79 Å². The maximum absolute atomic E-state index is 13.0. The Balaban J connectivity index is 1.33. The summed E-state index contributed by atoms with van der Waals surface area (Å²) in [6.45, 7) is 6.34. The third-order valence-corrected chi connectivity index (χ3v) is 5.93. The van der Waals surface area contributed by atoms with E-state index in [0.717, 1.165) is 55.5 Å². The van der Waals surface area contributed by atoms with E-state index in [0.29, 0.717) is 12.5 Å². The van der Waals surface area contributed by atoms with E-state index in [1.807, 2.05) is 54.5 Å². The maximum Gasteiger partial charge on any atom is 0.227 e. The van der Waals surface area contributed by atoms with E-state index in [-0.39, 0.29) is 11.8 Å². The minimum atomic E-state index is -0.0555. The zero-order valence-corrected chi connectivity index (χ0v) is 18.2. The summed E-state index contributed by atoms with van der Waals surface area (Å²) in [5.41, 5.74) is 1.08.